The Kier molecular flexibility index (Phi) is 3.75. The predicted molar refractivity (Wildman–Crippen MR) is 64.7 cm³/mol. The van der Waals surface area contributed by atoms with Crippen LogP contribution in [0.4, 0.5) is 0 Å². The normalized spacial score (nSPS) is 17.4. The minimum atomic E-state index is 0.0728. The average Bonchev–Trinajstić information content (AvgIpc) is 2.76. The third-order valence-corrected chi connectivity index (χ3v) is 3.17. The van der Waals surface area contributed by atoms with Crippen LogP contribution >= 0.6 is 0 Å². The number of aryl methyl sites for hydroxylation is 1. The van der Waals surface area contributed by atoms with Gasteiger partial charge in [-0.15, -0.1) is 0 Å². The van der Waals surface area contributed by atoms with Gasteiger partial charge in [0.05, 0.1) is 11.8 Å². The Bertz CT molecular complexity index is 381. The van der Waals surface area contributed by atoms with E-state index in [1.807, 2.05) is 11.8 Å². The Morgan fingerprint density at radius 2 is 2.18 bits per heavy atom. The highest BCUT2D eigenvalue weighted by Gasteiger charge is 2.23. The number of hydrogen-bond donors (Lipinski definition) is 2. The molecule has 1 saturated heterocycles. The Morgan fingerprint density at radius 1 is 1.47 bits per heavy atom. The number of carbonyl (C=O) groups is 1. The van der Waals surface area contributed by atoms with Crippen LogP contribution in [-0.4, -0.2) is 65.2 Å². The molecule has 0 atom stereocenters. The molecule has 1 amide bonds. The maximum atomic E-state index is 12.2. The summed E-state index contributed by atoms with van der Waals surface area (Å²) in [6, 6.07) is 0. The van der Waals surface area contributed by atoms with E-state index in [2.05, 4.69) is 15.1 Å². The zero-order valence-corrected chi connectivity index (χ0v) is 10.1. The van der Waals surface area contributed by atoms with Crippen LogP contribution in [0.2, 0.25) is 0 Å². The molecule has 0 spiro atoms. The molecule has 0 radical (unpaired) electrons. The van der Waals surface area contributed by atoms with Gasteiger partial charge in [-0.3, -0.25) is 14.8 Å². The first-order chi connectivity index (χ1) is 8.22. The zero-order valence-electron chi connectivity index (χ0n) is 10.1. The first kappa shape index (κ1) is 12.1. The molecule has 0 aromatic carbocycles. The smallest absolute Gasteiger partial charge is 0.257 e. The first-order valence-electron chi connectivity index (χ1n) is 5.94. The van der Waals surface area contributed by atoms with Crippen molar-refractivity contribution in [3.8, 4) is 0 Å². The van der Waals surface area contributed by atoms with Crippen LogP contribution in [0.3, 0.4) is 0 Å². The van der Waals surface area contributed by atoms with Crippen molar-refractivity contribution in [2.75, 3.05) is 39.3 Å². The summed E-state index contributed by atoms with van der Waals surface area (Å²) in [4.78, 5) is 16.3. The summed E-state index contributed by atoms with van der Waals surface area (Å²) in [5, 5.41) is 6.68. The quantitative estimate of drug-likeness (QED) is 0.738. The lowest BCUT2D eigenvalue weighted by Gasteiger charge is -2.34. The monoisotopic (exact) mass is 237 g/mol. The molecule has 0 saturated carbocycles. The van der Waals surface area contributed by atoms with Gasteiger partial charge in [0.1, 0.15) is 0 Å². The number of hydrogen-bond acceptors (Lipinski definition) is 4. The summed E-state index contributed by atoms with van der Waals surface area (Å²) in [5.41, 5.74) is 7.03. The number of piperazine rings is 1. The van der Waals surface area contributed by atoms with Gasteiger partial charge >= 0.3 is 0 Å². The second-order valence-electron chi connectivity index (χ2n) is 4.33. The van der Waals surface area contributed by atoms with E-state index in [4.69, 9.17) is 5.73 Å². The molecule has 1 aliphatic rings. The molecule has 1 aliphatic heterocycles. The van der Waals surface area contributed by atoms with Crippen LogP contribution in [0.1, 0.15) is 16.1 Å². The molecule has 3 N–H and O–H groups in total. The summed E-state index contributed by atoms with van der Waals surface area (Å²) in [5.74, 6) is 0.0728. The van der Waals surface area contributed by atoms with E-state index in [1.165, 1.54) is 0 Å². The van der Waals surface area contributed by atoms with E-state index >= 15 is 0 Å². The molecular weight excluding hydrogens is 218 g/mol. The molecule has 2 rings (SSSR count). The third-order valence-electron chi connectivity index (χ3n) is 3.17. The molecule has 2 heterocycles. The van der Waals surface area contributed by atoms with Crippen molar-refractivity contribution in [3.05, 3.63) is 17.5 Å². The van der Waals surface area contributed by atoms with Gasteiger partial charge in [0.15, 0.2) is 0 Å². The summed E-state index contributed by atoms with van der Waals surface area (Å²) in [6.07, 6.45) is 1.60. The Morgan fingerprint density at radius 3 is 2.71 bits per heavy atom. The number of nitrogens with two attached hydrogens (primary N) is 1. The molecule has 1 aromatic rings. The van der Waals surface area contributed by atoms with Gasteiger partial charge < -0.3 is 10.6 Å². The lowest BCUT2D eigenvalue weighted by molar-refractivity contribution is 0.0640. The van der Waals surface area contributed by atoms with Crippen molar-refractivity contribution in [3.63, 3.8) is 0 Å². The highest BCUT2D eigenvalue weighted by atomic mass is 16.2. The number of carbonyl (C=O) groups excluding carboxylic acids is 1. The van der Waals surface area contributed by atoms with Crippen molar-refractivity contribution >= 4 is 5.91 Å². The van der Waals surface area contributed by atoms with Gasteiger partial charge in [-0.05, 0) is 6.92 Å². The SMILES string of the molecule is Cc1[nH]ncc1C(=O)N1CCN(CCN)CC1. The standard InChI is InChI=1S/C11H19N5O/c1-9-10(8-13-14-9)11(17)16-6-4-15(3-2-12)5-7-16/h8H,2-7,12H2,1H3,(H,13,14). The lowest BCUT2D eigenvalue weighted by Crippen LogP contribution is -2.49. The van der Waals surface area contributed by atoms with Gasteiger partial charge in [-0.1, -0.05) is 0 Å². The summed E-state index contributed by atoms with van der Waals surface area (Å²) in [6.45, 7) is 6.79. The third kappa shape index (κ3) is 2.65. The number of aromatic amines is 1. The van der Waals surface area contributed by atoms with Gasteiger partial charge in [0.2, 0.25) is 0 Å². The van der Waals surface area contributed by atoms with Crippen LogP contribution in [-0.2, 0) is 0 Å². The van der Waals surface area contributed by atoms with Gasteiger partial charge in [0, 0.05) is 45.0 Å². The van der Waals surface area contributed by atoms with E-state index in [-0.39, 0.29) is 5.91 Å². The Hall–Kier alpha value is -1.40. The summed E-state index contributed by atoms with van der Waals surface area (Å²) < 4.78 is 0. The highest BCUT2D eigenvalue weighted by molar-refractivity contribution is 5.95. The van der Waals surface area contributed by atoms with E-state index in [9.17, 15) is 4.79 Å². The number of amides is 1. The first-order valence-corrected chi connectivity index (χ1v) is 5.94. The molecule has 94 valence electrons. The zero-order chi connectivity index (χ0) is 12.3. The number of aromatic nitrogens is 2. The number of H-pyrrole nitrogens is 1. The molecule has 1 fully saturated rings. The fourth-order valence-electron chi connectivity index (χ4n) is 2.09. The number of nitrogens with one attached hydrogen (secondary N) is 1. The van der Waals surface area contributed by atoms with Gasteiger partial charge in [-0.25, -0.2) is 0 Å². The largest absolute Gasteiger partial charge is 0.336 e. The van der Waals surface area contributed by atoms with Crippen molar-refractivity contribution in [1.82, 2.24) is 20.0 Å². The van der Waals surface area contributed by atoms with Crippen molar-refractivity contribution < 1.29 is 4.79 Å². The number of rotatable bonds is 3. The predicted octanol–water partition coefficient (Wildman–Crippen LogP) is -0.565. The highest BCUT2D eigenvalue weighted by Crippen LogP contribution is 2.10. The van der Waals surface area contributed by atoms with Crippen LogP contribution < -0.4 is 5.73 Å². The average molecular weight is 237 g/mol. The van der Waals surface area contributed by atoms with Gasteiger partial charge in [-0.2, -0.15) is 5.10 Å². The van der Waals surface area contributed by atoms with Crippen molar-refractivity contribution in [2.24, 2.45) is 5.73 Å². The Labute approximate surface area is 101 Å². The topological polar surface area (TPSA) is 78.2 Å². The van der Waals surface area contributed by atoms with Crippen molar-refractivity contribution in [2.45, 2.75) is 6.92 Å². The molecule has 0 unspecified atom stereocenters. The minimum Gasteiger partial charge on any atom is -0.336 e. The molecule has 0 aliphatic carbocycles. The lowest BCUT2D eigenvalue weighted by atomic mass is 10.2. The van der Waals surface area contributed by atoms with E-state index in [0.717, 1.165) is 38.4 Å². The molecule has 1 aromatic heterocycles. The van der Waals surface area contributed by atoms with E-state index in [0.29, 0.717) is 12.1 Å². The molecule has 6 heteroatoms. The molecular formula is C11H19N5O. The van der Waals surface area contributed by atoms with Crippen LogP contribution in [0.25, 0.3) is 0 Å². The second-order valence-corrected chi connectivity index (χ2v) is 4.33. The summed E-state index contributed by atoms with van der Waals surface area (Å²) >= 11 is 0. The van der Waals surface area contributed by atoms with Crippen LogP contribution in [0.15, 0.2) is 6.20 Å². The molecule has 17 heavy (non-hydrogen) atoms. The minimum absolute atomic E-state index is 0.0728. The fraction of sp³-hybridized carbons (Fsp3) is 0.636. The maximum Gasteiger partial charge on any atom is 0.257 e. The van der Waals surface area contributed by atoms with Crippen molar-refractivity contribution in [1.29, 1.82) is 0 Å². The molecule has 0 bridgehead atoms. The number of nitrogens with zero attached hydrogens (tertiary/aromatic N) is 3. The Balaban J connectivity index is 1.93. The maximum absolute atomic E-state index is 12.2. The van der Waals surface area contributed by atoms with Gasteiger partial charge in [0.25, 0.3) is 5.91 Å². The fourth-order valence-corrected chi connectivity index (χ4v) is 2.09. The molecule has 6 nitrogen and oxygen atoms in total. The second kappa shape index (κ2) is 5.29. The van der Waals surface area contributed by atoms with Crippen LogP contribution in [0, 0.1) is 6.92 Å². The van der Waals surface area contributed by atoms with E-state index < -0.39 is 0 Å². The summed E-state index contributed by atoms with van der Waals surface area (Å²) in [7, 11) is 0. The van der Waals surface area contributed by atoms with E-state index in [1.54, 1.807) is 6.20 Å². The van der Waals surface area contributed by atoms with Crippen LogP contribution in [0.5, 0.6) is 0 Å².